The summed E-state index contributed by atoms with van der Waals surface area (Å²) in [6.45, 7) is 4.24. The van der Waals surface area contributed by atoms with Crippen LogP contribution in [0.5, 0.6) is 0 Å². The second-order valence-electron chi connectivity index (χ2n) is 6.78. The smallest absolute Gasteiger partial charge is 0.302 e. The molecule has 1 aliphatic heterocycles. The Bertz CT molecular complexity index is 844. The summed E-state index contributed by atoms with van der Waals surface area (Å²) in [7, 11) is 1.52. The SMILES string of the molecule is CN1CCN(c2ccc(Nc3ccc(NS(=O)(=O)N(C)C)nc3)cc2)CC1. The van der Waals surface area contributed by atoms with Gasteiger partial charge in [0, 0.05) is 51.6 Å². The molecule has 2 N–H and O–H groups in total. The minimum Gasteiger partial charge on any atom is -0.369 e. The summed E-state index contributed by atoms with van der Waals surface area (Å²) in [5.74, 6) is 0.277. The molecule has 1 aromatic carbocycles. The molecule has 0 aliphatic carbocycles. The van der Waals surface area contributed by atoms with Gasteiger partial charge in [-0.1, -0.05) is 0 Å². The fourth-order valence-electron chi connectivity index (χ4n) is 2.74. The van der Waals surface area contributed by atoms with Crippen LogP contribution in [0.1, 0.15) is 0 Å². The highest BCUT2D eigenvalue weighted by molar-refractivity contribution is 7.90. The van der Waals surface area contributed by atoms with Crippen LogP contribution in [0.15, 0.2) is 42.6 Å². The third kappa shape index (κ3) is 5.09. The van der Waals surface area contributed by atoms with Crippen LogP contribution >= 0.6 is 0 Å². The summed E-state index contributed by atoms with van der Waals surface area (Å²) in [5, 5.41) is 3.28. The van der Waals surface area contributed by atoms with E-state index in [9.17, 15) is 8.42 Å². The van der Waals surface area contributed by atoms with Crippen molar-refractivity contribution >= 4 is 33.1 Å². The van der Waals surface area contributed by atoms with Crippen molar-refractivity contribution in [3.8, 4) is 0 Å². The molecule has 9 heteroatoms. The van der Waals surface area contributed by atoms with Crippen molar-refractivity contribution in [2.75, 3.05) is 62.3 Å². The fraction of sp³-hybridized carbons (Fsp3) is 0.389. The minimum atomic E-state index is -3.55. The fourth-order valence-corrected chi connectivity index (χ4v) is 3.31. The largest absolute Gasteiger partial charge is 0.369 e. The number of nitrogens with one attached hydrogen (secondary N) is 2. The van der Waals surface area contributed by atoms with Gasteiger partial charge in [0.25, 0.3) is 0 Å². The monoisotopic (exact) mass is 390 g/mol. The van der Waals surface area contributed by atoms with Crippen LogP contribution in [0.4, 0.5) is 22.9 Å². The van der Waals surface area contributed by atoms with Crippen molar-refractivity contribution in [3.05, 3.63) is 42.6 Å². The average molecular weight is 391 g/mol. The van der Waals surface area contributed by atoms with Gasteiger partial charge in [0.2, 0.25) is 0 Å². The van der Waals surface area contributed by atoms with Gasteiger partial charge >= 0.3 is 10.2 Å². The minimum absolute atomic E-state index is 0.277. The van der Waals surface area contributed by atoms with E-state index in [4.69, 9.17) is 0 Å². The molecule has 3 rings (SSSR count). The standard InChI is InChI=1S/C18H26N6O2S/c1-22(2)27(25,26)21-18-9-6-16(14-19-18)20-15-4-7-17(8-5-15)24-12-10-23(3)11-13-24/h4-9,14,20H,10-13H2,1-3H3,(H,19,21). The quantitative estimate of drug-likeness (QED) is 0.783. The first-order valence-electron chi connectivity index (χ1n) is 8.80. The Morgan fingerprint density at radius 1 is 0.963 bits per heavy atom. The molecule has 2 heterocycles. The van der Waals surface area contributed by atoms with Gasteiger partial charge in [-0.15, -0.1) is 0 Å². The van der Waals surface area contributed by atoms with Gasteiger partial charge in [0.05, 0.1) is 11.9 Å². The molecular weight excluding hydrogens is 364 g/mol. The van der Waals surface area contributed by atoms with Gasteiger partial charge in [0.1, 0.15) is 5.82 Å². The highest BCUT2D eigenvalue weighted by Gasteiger charge is 2.14. The third-order valence-corrected chi connectivity index (χ3v) is 5.93. The Labute approximate surface area is 161 Å². The van der Waals surface area contributed by atoms with Crippen LogP contribution in [0, 0.1) is 0 Å². The molecule has 0 bridgehead atoms. The van der Waals surface area contributed by atoms with E-state index in [1.807, 2.05) is 12.1 Å². The van der Waals surface area contributed by atoms with E-state index in [1.165, 1.54) is 19.8 Å². The molecule has 0 atom stereocenters. The van der Waals surface area contributed by atoms with Crippen molar-refractivity contribution in [2.24, 2.45) is 0 Å². The van der Waals surface area contributed by atoms with Crippen LogP contribution in [-0.4, -0.2) is 69.9 Å². The van der Waals surface area contributed by atoms with E-state index in [0.717, 1.165) is 41.9 Å². The van der Waals surface area contributed by atoms with Crippen LogP contribution in [0.25, 0.3) is 0 Å². The number of piperazine rings is 1. The summed E-state index contributed by atoms with van der Waals surface area (Å²) in [6, 6.07) is 11.7. The van der Waals surface area contributed by atoms with Gasteiger partial charge in [-0.2, -0.15) is 12.7 Å². The molecule has 27 heavy (non-hydrogen) atoms. The average Bonchev–Trinajstić information content (AvgIpc) is 2.64. The zero-order chi connectivity index (χ0) is 19.4. The van der Waals surface area contributed by atoms with Gasteiger partial charge in [0.15, 0.2) is 0 Å². The first-order chi connectivity index (χ1) is 12.8. The Kier molecular flexibility index (Phi) is 5.83. The summed E-state index contributed by atoms with van der Waals surface area (Å²) in [5.41, 5.74) is 2.96. The number of hydrogen-bond donors (Lipinski definition) is 2. The molecular formula is C18H26N6O2S. The Morgan fingerprint density at radius 2 is 1.59 bits per heavy atom. The highest BCUT2D eigenvalue weighted by Crippen LogP contribution is 2.22. The highest BCUT2D eigenvalue weighted by atomic mass is 32.2. The summed E-state index contributed by atoms with van der Waals surface area (Å²) < 4.78 is 27.1. The third-order valence-electron chi connectivity index (χ3n) is 4.50. The van der Waals surface area contributed by atoms with Crippen molar-refractivity contribution in [1.82, 2.24) is 14.2 Å². The zero-order valence-electron chi connectivity index (χ0n) is 15.9. The number of pyridine rings is 1. The van der Waals surface area contributed by atoms with Crippen LogP contribution in [-0.2, 0) is 10.2 Å². The molecule has 0 saturated carbocycles. The van der Waals surface area contributed by atoms with Crippen molar-refractivity contribution in [2.45, 2.75) is 0 Å². The normalized spacial score (nSPS) is 15.8. The first-order valence-corrected chi connectivity index (χ1v) is 10.2. The Hall–Kier alpha value is -2.36. The molecule has 0 spiro atoms. The molecule has 0 radical (unpaired) electrons. The molecule has 0 amide bonds. The van der Waals surface area contributed by atoms with Crippen LogP contribution < -0.4 is 14.9 Å². The maximum Gasteiger partial charge on any atom is 0.302 e. The Morgan fingerprint density at radius 3 is 2.15 bits per heavy atom. The second kappa shape index (κ2) is 8.12. The molecule has 2 aromatic rings. The van der Waals surface area contributed by atoms with Crippen molar-refractivity contribution in [3.63, 3.8) is 0 Å². The van der Waals surface area contributed by atoms with E-state index in [-0.39, 0.29) is 5.82 Å². The lowest BCUT2D eigenvalue weighted by atomic mass is 10.2. The van der Waals surface area contributed by atoms with Crippen molar-refractivity contribution in [1.29, 1.82) is 0 Å². The lowest BCUT2D eigenvalue weighted by Crippen LogP contribution is -2.44. The number of hydrogen-bond acceptors (Lipinski definition) is 6. The molecule has 8 nitrogen and oxygen atoms in total. The number of aromatic nitrogens is 1. The summed E-state index contributed by atoms with van der Waals surface area (Å²) >= 11 is 0. The molecule has 1 aliphatic rings. The lowest BCUT2D eigenvalue weighted by Gasteiger charge is -2.34. The zero-order valence-corrected chi connectivity index (χ0v) is 16.7. The number of rotatable bonds is 6. The van der Waals surface area contributed by atoms with Gasteiger partial charge in [-0.25, -0.2) is 4.98 Å². The molecule has 1 fully saturated rings. The maximum atomic E-state index is 11.8. The van der Waals surface area contributed by atoms with Gasteiger partial charge in [-0.3, -0.25) is 4.72 Å². The van der Waals surface area contributed by atoms with E-state index in [0.29, 0.717) is 0 Å². The molecule has 1 saturated heterocycles. The number of nitrogens with zero attached hydrogens (tertiary/aromatic N) is 4. The van der Waals surface area contributed by atoms with Gasteiger partial charge < -0.3 is 15.1 Å². The molecule has 0 unspecified atom stereocenters. The van der Waals surface area contributed by atoms with E-state index < -0.39 is 10.2 Å². The molecule has 146 valence electrons. The number of benzene rings is 1. The predicted octanol–water partition coefficient (Wildman–Crippen LogP) is 1.80. The van der Waals surface area contributed by atoms with E-state index in [1.54, 1.807) is 18.3 Å². The van der Waals surface area contributed by atoms with E-state index >= 15 is 0 Å². The topological polar surface area (TPSA) is 80.8 Å². The summed E-state index contributed by atoms with van der Waals surface area (Å²) in [6.07, 6.45) is 1.60. The van der Waals surface area contributed by atoms with Gasteiger partial charge in [-0.05, 0) is 43.4 Å². The van der Waals surface area contributed by atoms with E-state index in [2.05, 4.69) is 44.0 Å². The van der Waals surface area contributed by atoms with Crippen LogP contribution in [0.3, 0.4) is 0 Å². The first kappa shape index (κ1) is 19.4. The predicted molar refractivity (Wildman–Crippen MR) is 110 cm³/mol. The number of likely N-dealkylation sites (N-methyl/N-ethyl adjacent to an activating group) is 1. The van der Waals surface area contributed by atoms with Crippen LogP contribution in [0.2, 0.25) is 0 Å². The number of anilines is 4. The molecule has 1 aromatic heterocycles. The van der Waals surface area contributed by atoms with Crippen molar-refractivity contribution < 1.29 is 8.42 Å². The second-order valence-corrected chi connectivity index (χ2v) is 8.67. The summed E-state index contributed by atoms with van der Waals surface area (Å²) in [4.78, 5) is 8.87. The Balaban J connectivity index is 1.60. The maximum absolute atomic E-state index is 11.8. The lowest BCUT2D eigenvalue weighted by molar-refractivity contribution is 0.313.